The van der Waals surface area contributed by atoms with Gasteiger partial charge in [-0.15, -0.1) is 0 Å². The Bertz CT molecular complexity index is 580. The Hall–Kier alpha value is -1.53. The Labute approximate surface area is 119 Å². The molecule has 6 heteroatoms. The summed E-state index contributed by atoms with van der Waals surface area (Å²) in [7, 11) is 1.54. The van der Waals surface area contributed by atoms with E-state index in [0.717, 1.165) is 11.3 Å². The van der Waals surface area contributed by atoms with Gasteiger partial charge < -0.3 is 10.5 Å². The van der Waals surface area contributed by atoms with E-state index in [1.54, 1.807) is 18.2 Å². The van der Waals surface area contributed by atoms with Crippen molar-refractivity contribution in [1.29, 1.82) is 0 Å². The first-order valence-corrected chi connectivity index (χ1v) is 6.45. The molecule has 1 aromatic heterocycles. The maximum absolute atomic E-state index is 13.4. The first kappa shape index (κ1) is 13.9. The van der Waals surface area contributed by atoms with Crippen LogP contribution in [-0.4, -0.2) is 17.1 Å². The smallest absolute Gasteiger partial charge is 0.216 e. The number of nitrogens with two attached hydrogens (primary N) is 1. The maximum Gasteiger partial charge on any atom is 0.216 e. The molecule has 0 aliphatic heterocycles. The van der Waals surface area contributed by atoms with Crippen LogP contribution in [0.3, 0.4) is 0 Å². The van der Waals surface area contributed by atoms with E-state index in [1.807, 2.05) is 0 Å². The van der Waals surface area contributed by atoms with Crippen LogP contribution in [0.4, 0.5) is 4.39 Å². The summed E-state index contributed by atoms with van der Waals surface area (Å²) in [5.74, 6) is 0.160. The van der Waals surface area contributed by atoms with Gasteiger partial charge in [-0.05, 0) is 33.6 Å². The fraction of sp³-hybridized carbons (Fsp3) is 0.231. The highest BCUT2D eigenvalue weighted by Crippen LogP contribution is 2.22. The molecule has 2 aromatic rings. The van der Waals surface area contributed by atoms with Crippen molar-refractivity contribution in [3.8, 4) is 5.88 Å². The second-order valence-electron chi connectivity index (χ2n) is 4.04. The SMILES string of the molecule is COc1cc(CC(N)c2ccc(Br)c(F)c2)ncn1. The summed E-state index contributed by atoms with van der Waals surface area (Å²) in [6.45, 7) is 0. The minimum Gasteiger partial charge on any atom is -0.481 e. The van der Waals surface area contributed by atoms with Gasteiger partial charge in [0.25, 0.3) is 0 Å². The molecule has 2 N–H and O–H groups in total. The minimum absolute atomic E-state index is 0.326. The van der Waals surface area contributed by atoms with Gasteiger partial charge in [0.1, 0.15) is 12.1 Å². The van der Waals surface area contributed by atoms with E-state index in [1.165, 1.54) is 19.5 Å². The lowest BCUT2D eigenvalue weighted by atomic mass is 10.0. The van der Waals surface area contributed by atoms with Crippen molar-refractivity contribution in [3.63, 3.8) is 0 Å². The first-order chi connectivity index (χ1) is 9.10. The average molecular weight is 326 g/mol. The zero-order valence-electron chi connectivity index (χ0n) is 10.3. The molecule has 2 rings (SSSR count). The van der Waals surface area contributed by atoms with Crippen LogP contribution in [0.2, 0.25) is 0 Å². The number of aromatic nitrogens is 2. The Morgan fingerprint density at radius 2 is 2.16 bits per heavy atom. The van der Waals surface area contributed by atoms with Gasteiger partial charge in [0.15, 0.2) is 0 Å². The summed E-state index contributed by atoms with van der Waals surface area (Å²) in [6, 6.07) is 6.24. The third-order valence-corrected chi connectivity index (χ3v) is 3.35. The molecular weight excluding hydrogens is 313 g/mol. The van der Waals surface area contributed by atoms with E-state index in [4.69, 9.17) is 10.5 Å². The molecule has 0 bridgehead atoms. The Balaban J connectivity index is 2.15. The molecule has 0 radical (unpaired) electrons. The molecule has 1 unspecified atom stereocenters. The van der Waals surface area contributed by atoms with Crippen LogP contribution < -0.4 is 10.5 Å². The molecule has 1 atom stereocenters. The molecule has 4 nitrogen and oxygen atoms in total. The van der Waals surface area contributed by atoms with Crippen LogP contribution in [0.25, 0.3) is 0 Å². The summed E-state index contributed by atoms with van der Waals surface area (Å²) < 4.78 is 18.9. The number of halogens is 2. The molecule has 0 spiro atoms. The Morgan fingerprint density at radius 3 is 2.84 bits per heavy atom. The van der Waals surface area contributed by atoms with Crippen LogP contribution in [0, 0.1) is 5.82 Å². The largest absolute Gasteiger partial charge is 0.481 e. The molecule has 100 valence electrons. The number of nitrogens with zero attached hydrogens (tertiary/aromatic N) is 2. The first-order valence-electron chi connectivity index (χ1n) is 5.65. The van der Waals surface area contributed by atoms with E-state index in [9.17, 15) is 4.39 Å². The topological polar surface area (TPSA) is 61.0 Å². The molecule has 0 aliphatic rings. The summed E-state index contributed by atoms with van der Waals surface area (Å²) in [6.07, 6.45) is 1.91. The summed E-state index contributed by atoms with van der Waals surface area (Å²) in [5.41, 5.74) is 7.53. The molecule has 0 saturated carbocycles. The highest BCUT2D eigenvalue weighted by Gasteiger charge is 2.11. The molecule has 0 fully saturated rings. The van der Waals surface area contributed by atoms with Crippen molar-refractivity contribution in [3.05, 3.63) is 52.1 Å². The van der Waals surface area contributed by atoms with Crippen molar-refractivity contribution in [2.24, 2.45) is 5.73 Å². The zero-order valence-corrected chi connectivity index (χ0v) is 11.9. The summed E-state index contributed by atoms with van der Waals surface area (Å²) >= 11 is 3.11. The quantitative estimate of drug-likeness (QED) is 0.938. The molecule has 1 aromatic carbocycles. The van der Waals surface area contributed by atoms with Gasteiger partial charge in [-0.3, -0.25) is 0 Å². The van der Waals surface area contributed by atoms with Crippen molar-refractivity contribution in [2.45, 2.75) is 12.5 Å². The van der Waals surface area contributed by atoms with Crippen LogP contribution in [0.5, 0.6) is 5.88 Å². The highest BCUT2D eigenvalue weighted by molar-refractivity contribution is 9.10. The van der Waals surface area contributed by atoms with Crippen LogP contribution in [0.1, 0.15) is 17.3 Å². The molecule has 0 saturated heterocycles. The van der Waals surface area contributed by atoms with Crippen molar-refractivity contribution in [1.82, 2.24) is 9.97 Å². The third-order valence-electron chi connectivity index (χ3n) is 2.71. The highest BCUT2D eigenvalue weighted by atomic mass is 79.9. The zero-order chi connectivity index (χ0) is 13.8. The summed E-state index contributed by atoms with van der Waals surface area (Å²) in [5, 5.41) is 0. The van der Waals surface area contributed by atoms with E-state index < -0.39 is 0 Å². The average Bonchev–Trinajstić information content (AvgIpc) is 2.42. The molecule has 0 amide bonds. The molecule has 19 heavy (non-hydrogen) atoms. The van der Waals surface area contributed by atoms with Gasteiger partial charge in [0, 0.05) is 24.2 Å². The van der Waals surface area contributed by atoms with Crippen molar-refractivity contribution in [2.75, 3.05) is 7.11 Å². The van der Waals surface area contributed by atoms with Gasteiger partial charge in [-0.1, -0.05) is 6.07 Å². The standard InChI is InChI=1S/C13H13BrFN3O/c1-19-13-6-9(17-7-18-13)5-12(16)8-2-3-10(14)11(15)4-8/h2-4,6-7,12H,5,16H2,1H3. The monoisotopic (exact) mass is 325 g/mol. The normalized spacial score (nSPS) is 12.2. The number of rotatable bonds is 4. The lowest BCUT2D eigenvalue weighted by molar-refractivity contribution is 0.395. The van der Waals surface area contributed by atoms with Gasteiger partial charge in [-0.2, -0.15) is 0 Å². The number of hydrogen-bond donors (Lipinski definition) is 1. The van der Waals surface area contributed by atoms with Gasteiger partial charge in [0.05, 0.1) is 11.6 Å². The Kier molecular flexibility index (Phi) is 4.44. The summed E-state index contributed by atoms with van der Waals surface area (Å²) in [4.78, 5) is 8.04. The van der Waals surface area contributed by atoms with Crippen molar-refractivity contribution >= 4 is 15.9 Å². The lowest BCUT2D eigenvalue weighted by Crippen LogP contribution is -2.14. The van der Waals surface area contributed by atoms with Gasteiger partial charge >= 0.3 is 0 Å². The van der Waals surface area contributed by atoms with Crippen molar-refractivity contribution < 1.29 is 9.13 Å². The number of ether oxygens (including phenoxy) is 1. The fourth-order valence-corrected chi connectivity index (χ4v) is 1.93. The minimum atomic E-state index is -0.331. The van der Waals surface area contributed by atoms with Gasteiger partial charge in [0.2, 0.25) is 5.88 Å². The third kappa shape index (κ3) is 3.48. The van der Waals surface area contributed by atoms with E-state index in [0.29, 0.717) is 16.8 Å². The van der Waals surface area contributed by atoms with Crippen LogP contribution >= 0.6 is 15.9 Å². The number of hydrogen-bond acceptors (Lipinski definition) is 4. The fourth-order valence-electron chi connectivity index (χ4n) is 1.69. The lowest BCUT2D eigenvalue weighted by Gasteiger charge is -2.12. The molecule has 1 heterocycles. The molecular formula is C13H13BrFN3O. The van der Waals surface area contributed by atoms with Crippen LogP contribution in [0.15, 0.2) is 35.1 Å². The van der Waals surface area contributed by atoms with E-state index >= 15 is 0 Å². The van der Waals surface area contributed by atoms with E-state index in [2.05, 4.69) is 25.9 Å². The molecule has 0 aliphatic carbocycles. The predicted octanol–water partition coefficient (Wildman–Crippen LogP) is 2.63. The van der Waals surface area contributed by atoms with Crippen LogP contribution in [-0.2, 0) is 6.42 Å². The number of methoxy groups -OCH3 is 1. The van der Waals surface area contributed by atoms with Gasteiger partial charge in [-0.25, -0.2) is 14.4 Å². The predicted molar refractivity (Wildman–Crippen MR) is 73.3 cm³/mol. The Morgan fingerprint density at radius 1 is 1.37 bits per heavy atom. The van der Waals surface area contributed by atoms with E-state index in [-0.39, 0.29) is 11.9 Å². The second-order valence-corrected chi connectivity index (χ2v) is 4.89. The maximum atomic E-state index is 13.4. The second kappa shape index (κ2) is 6.08. The number of benzene rings is 1.